The summed E-state index contributed by atoms with van der Waals surface area (Å²) in [5, 5.41) is 13.6. The Hall–Kier alpha value is -2.33. The number of para-hydroxylation sites is 1. The largest absolute Gasteiger partial charge is 0.507 e. The number of rotatable bonds is 5. The molecular weight excluding hydrogens is 348 g/mol. The van der Waals surface area contributed by atoms with Crippen molar-refractivity contribution in [2.75, 3.05) is 12.4 Å². The number of phenols is 1. The van der Waals surface area contributed by atoms with Crippen LogP contribution in [0, 0.1) is 0 Å². The van der Waals surface area contributed by atoms with Crippen molar-refractivity contribution in [2.24, 2.45) is 0 Å². The molecule has 148 valence electrons. The Balaban J connectivity index is 1.50. The van der Waals surface area contributed by atoms with E-state index in [-0.39, 0.29) is 11.7 Å². The van der Waals surface area contributed by atoms with Crippen molar-refractivity contribution in [2.45, 2.75) is 64.0 Å². The third-order valence-electron chi connectivity index (χ3n) is 6.38. The first-order valence-corrected chi connectivity index (χ1v) is 10.6. The lowest BCUT2D eigenvalue weighted by atomic mass is 9.94. The van der Waals surface area contributed by atoms with E-state index in [1.165, 1.54) is 37.7 Å². The molecule has 1 fully saturated rings. The molecule has 0 bridgehead atoms. The number of benzene rings is 2. The van der Waals surface area contributed by atoms with E-state index in [1.54, 1.807) is 6.07 Å². The van der Waals surface area contributed by atoms with Gasteiger partial charge < -0.3 is 10.4 Å². The van der Waals surface area contributed by atoms with Crippen LogP contribution in [0.2, 0.25) is 0 Å². The maximum atomic E-state index is 12.9. The molecule has 2 aliphatic carbocycles. The smallest absolute Gasteiger partial charge is 0.259 e. The van der Waals surface area contributed by atoms with Gasteiger partial charge in [0.1, 0.15) is 5.75 Å². The second kappa shape index (κ2) is 8.36. The fourth-order valence-corrected chi connectivity index (χ4v) is 4.72. The third-order valence-corrected chi connectivity index (χ3v) is 6.38. The van der Waals surface area contributed by atoms with Gasteiger partial charge >= 0.3 is 0 Å². The molecule has 1 amide bonds. The van der Waals surface area contributed by atoms with E-state index < -0.39 is 0 Å². The van der Waals surface area contributed by atoms with E-state index in [9.17, 15) is 9.90 Å². The van der Waals surface area contributed by atoms with E-state index >= 15 is 0 Å². The van der Waals surface area contributed by atoms with Gasteiger partial charge in [-0.1, -0.05) is 43.5 Å². The number of amides is 1. The Morgan fingerprint density at radius 3 is 2.68 bits per heavy atom. The fourth-order valence-electron chi connectivity index (χ4n) is 4.72. The molecule has 0 spiro atoms. The van der Waals surface area contributed by atoms with Crippen LogP contribution < -0.4 is 5.32 Å². The second-order valence-electron chi connectivity index (χ2n) is 8.27. The molecule has 2 aromatic rings. The number of fused-ring (bicyclic) bond motifs is 1. The van der Waals surface area contributed by atoms with Gasteiger partial charge in [0.2, 0.25) is 0 Å². The maximum Gasteiger partial charge on any atom is 0.259 e. The summed E-state index contributed by atoms with van der Waals surface area (Å²) >= 11 is 0. The Morgan fingerprint density at radius 2 is 1.86 bits per heavy atom. The number of nitrogens with zero attached hydrogens (tertiary/aromatic N) is 1. The summed E-state index contributed by atoms with van der Waals surface area (Å²) in [6.07, 6.45) is 9.37. The van der Waals surface area contributed by atoms with Crippen molar-refractivity contribution in [3.63, 3.8) is 0 Å². The van der Waals surface area contributed by atoms with Crippen LogP contribution in [0.1, 0.15) is 65.6 Å². The molecule has 4 rings (SSSR count). The van der Waals surface area contributed by atoms with Gasteiger partial charge in [-0.15, -0.1) is 0 Å². The minimum Gasteiger partial charge on any atom is -0.507 e. The number of phenolic OH excluding ortho intramolecular Hbond substituents is 1. The first-order valence-electron chi connectivity index (χ1n) is 10.6. The molecule has 0 saturated heterocycles. The molecule has 2 aliphatic rings. The first kappa shape index (κ1) is 19.0. The molecule has 4 heteroatoms. The highest BCUT2D eigenvalue weighted by atomic mass is 16.3. The molecule has 28 heavy (non-hydrogen) atoms. The highest BCUT2D eigenvalue weighted by Crippen LogP contribution is 2.33. The molecule has 2 N–H and O–H groups in total. The maximum absolute atomic E-state index is 12.9. The summed E-state index contributed by atoms with van der Waals surface area (Å²) in [4.78, 5) is 15.3. The fraction of sp³-hybridized carbons (Fsp3) is 0.458. The number of hydrogen-bond donors (Lipinski definition) is 2. The Bertz CT molecular complexity index is 856. The van der Waals surface area contributed by atoms with E-state index in [0.717, 1.165) is 42.6 Å². The average molecular weight is 379 g/mol. The summed E-state index contributed by atoms with van der Waals surface area (Å²) < 4.78 is 0. The molecule has 0 aliphatic heterocycles. The zero-order valence-electron chi connectivity index (χ0n) is 16.7. The van der Waals surface area contributed by atoms with Crippen molar-refractivity contribution >= 4 is 11.6 Å². The van der Waals surface area contributed by atoms with Crippen molar-refractivity contribution in [1.82, 2.24) is 4.90 Å². The molecule has 0 radical (unpaired) electrons. The molecular formula is C24H30N2O2. The predicted molar refractivity (Wildman–Crippen MR) is 113 cm³/mol. The predicted octanol–water partition coefficient (Wildman–Crippen LogP) is 4.90. The summed E-state index contributed by atoms with van der Waals surface area (Å²) in [5.74, 6) is -0.0794. The minimum atomic E-state index is -0.236. The van der Waals surface area contributed by atoms with Gasteiger partial charge in [0.15, 0.2) is 0 Å². The molecule has 4 nitrogen and oxygen atoms in total. The minimum absolute atomic E-state index is 0.157. The number of aromatic hydroxyl groups is 1. The normalized spacial score (nSPS) is 16.9. The summed E-state index contributed by atoms with van der Waals surface area (Å²) in [5.41, 5.74) is 4.43. The Labute approximate surface area is 167 Å². The number of anilines is 1. The van der Waals surface area contributed by atoms with Gasteiger partial charge in [0.25, 0.3) is 5.91 Å². The van der Waals surface area contributed by atoms with Gasteiger partial charge in [-0.2, -0.15) is 0 Å². The number of carbonyl (C=O) groups is 1. The van der Waals surface area contributed by atoms with Crippen LogP contribution in [0.4, 0.5) is 5.69 Å². The van der Waals surface area contributed by atoms with Crippen molar-refractivity contribution in [3.05, 3.63) is 58.7 Å². The highest BCUT2D eigenvalue weighted by molar-refractivity contribution is 6.06. The number of aryl methyl sites for hydroxylation is 1. The lowest BCUT2D eigenvalue weighted by Crippen LogP contribution is -2.33. The van der Waals surface area contributed by atoms with Crippen LogP contribution in [-0.2, 0) is 19.4 Å². The average Bonchev–Trinajstić information content (AvgIpc) is 3.20. The van der Waals surface area contributed by atoms with Gasteiger partial charge in [-0.25, -0.2) is 0 Å². The summed E-state index contributed by atoms with van der Waals surface area (Å²) in [7, 11) is 2.18. The third kappa shape index (κ3) is 3.93. The molecule has 0 heterocycles. The zero-order valence-corrected chi connectivity index (χ0v) is 16.7. The SMILES string of the molecule is CN(Cc1ccccc1NC(=O)c1ccc2c(c1O)CCC2)C1CCCCC1. The Kier molecular flexibility index (Phi) is 5.67. The second-order valence-corrected chi connectivity index (χ2v) is 8.27. The van der Waals surface area contributed by atoms with Gasteiger partial charge in [-0.3, -0.25) is 9.69 Å². The van der Waals surface area contributed by atoms with Gasteiger partial charge in [-0.05, 0) is 68.0 Å². The Morgan fingerprint density at radius 1 is 1.07 bits per heavy atom. The quantitative estimate of drug-likeness (QED) is 0.778. The zero-order chi connectivity index (χ0) is 19.5. The molecule has 2 aromatic carbocycles. The number of nitrogens with one attached hydrogen (secondary N) is 1. The molecule has 0 aromatic heterocycles. The lowest BCUT2D eigenvalue weighted by Gasteiger charge is -2.31. The van der Waals surface area contributed by atoms with Crippen LogP contribution in [0.5, 0.6) is 5.75 Å². The topological polar surface area (TPSA) is 52.6 Å². The van der Waals surface area contributed by atoms with E-state index in [1.807, 2.05) is 24.3 Å². The molecule has 0 unspecified atom stereocenters. The standard InChI is InChI=1S/C24H30N2O2/c1-26(19-10-3-2-4-11-19)16-18-8-5-6-13-22(18)25-24(28)21-15-14-17-9-7-12-20(17)23(21)27/h5-6,8,13-15,19,27H,2-4,7,9-12,16H2,1H3,(H,25,28). The van der Waals surface area contributed by atoms with E-state index in [4.69, 9.17) is 0 Å². The first-order chi connectivity index (χ1) is 13.6. The van der Waals surface area contributed by atoms with E-state index in [2.05, 4.69) is 23.3 Å². The summed E-state index contributed by atoms with van der Waals surface area (Å²) in [6, 6.07) is 12.4. The van der Waals surface area contributed by atoms with E-state index in [0.29, 0.717) is 11.6 Å². The van der Waals surface area contributed by atoms with Crippen molar-refractivity contribution in [1.29, 1.82) is 0 Å². The molecule has 0 atom stereocenters. The number of carbonyl (C=O) groups excluding carboxylic acids is 1. The van der Waals surface area contributed by atoms with Crippen molar-refractivity contribution in [3.8, 4) is 5.75 Å². The van der Waals surface area contributed by atoms with Crippen molar-refractivity contribution < 1.29 is 9.90 Å². The van der Waals surface area contributed by atoms with Crippen LogP contribution in [0.25, 0.3) is 0 Å². The number of hydrogen-bond acceptors (Lipinski definition) is 3. The van der Waals surface area contributed by atoms with Crippen LogP contribution in [-0.4, -0.2) is 29.0 Å². The monoisotopic (exact) mass is 378 g/mol. The van der Waals surface area contributed by atoms with Gasteiger partial charge in [0, 0.05) is 18.3 Å². The lowest BCUT2D eigenvalue weighted by molar-refractivity contribution is 0.102. The van der Waals surface area contributed by atoms with Gasteiger partial charge in [0.05, 0.1) is 5.56 Å². The molecule has 1 saturated carbocycles. The van der Waals surface area contributed by atoms with Crippen LogP contribution in [0.15, 0.2) is 36.4 Å². The van der Waals surface area contributed by atoms with Crippen LogP contribution >= 0.6 is 0 Å². The summed E-state index contributed by atoms with van der Waals surface area (Å²) in [6.45, 7) is 0.817. The van der Waals surface area contributed by atoms with Crippen LogP contribution in [0.3, 0.4) is 0 Å². The highest BCUT2D eigenvalue weighted by Gasteiger charge is 2.22.